The van der Waals surface area contributed by atoms with Gasteiger partial charge in [0.2, 0.25) is 0 Å². The van der Waals surface area contributed by atoms with Gasteiger partial charge < -0.3 is 4.42 Å². The van der Waals surface area contributed by atoms with Gasteiger partial charge in [-0.1, -0.05) is 175 Å². The van der Waals surface area contributed by atoms with Crippen molar-refractivity contribution in [3.05, 3.63) is 216 Å². The van der Waals surface area contributed by atoms with Gasteiger partial charge in [0, 0.05) is 10.8 Å². The first-order valence-corrected chi connectivity index (χ1v) is 16.8. The molecule has 1 aromatic heterocycles. The van der Waals surface area contributed by atoms with Crippen LogP contribution in [0.2, 0.25) is 0 Å². The van der Waals surface area contributed by atoms with Gasteiger partial charge in [-0.05, 0) is 119 Å². The van der Waals surface area contributed by atoms with Gasteiger partial charge in [-0.25, -0.2) is 0 Å². The zero-order chi connectivity index (χ0) is 61.5. The summed E-state index contributed by atoms with van der Waals surface area (Å²) < 4.78 is 267. The van der Waals surface area contributed by atoms with Gasteiger partial charge in [0.1, 0.15) is 11.2 Å². The van der Waals surface area contributed by atoms with Crippen molar-refractivity contribution >= 4 is 65.0 Å². The van der Waals surface area contributed by atoms with Gasteiger partial charge in [0.25, 0.3) is 0 Å². The van der Waals surface area contributed by atoms with Crippen molar-refractivity contribution in [2.24, 2.45) is 0 Å². The van der Waals surface area contributed by atoms with Crippen LogP contribution in [-0.2, 0) is 12.8 Å². The van der Waals surface area contributed by atoms with Crippen LogP contribution in [0.3, 0.4) is 0 Å². The van der Waals surface area contributed by atoms with Crippen LogP contribution in [-0.4, -0.2) is 0 Å². The molecule has 0 saturated heterocycles. The third kappa shape index (κ3) is 5.39. The lowest BCUT2D eigenvalue weighted by molar-refractivity contribution is 0.669. The fraction of sp³-hybridized carbons (Fsp3) is 0.0370. The number of furan rings is 1. The summed E-state index contributed by atoms with van der Waals surface area (Å²) in [5.74, 6) is 0. The summed E-state index contributed by atoms with van der Waals surface area (Å²) in [6.07, 6.45) is -1.34. The molecule has 0 saturated carbocycles. The Labute approximate surface area is 360 Å². The van der Waals surface area contributed by atoms with Gasteiger partial charge in [-0.3, -0.25) is 0 Å². The van der Waals surface area contributed by atoms with Crippen molar-refractivity contribution in [3.8, 4) is 22.3 Å². The standard InChI is InChI=1S/C54H36O/c1-2-12-37(13-3-1)40-27-29-49-52(34-40)55-51-23-11-17-42(53(49)51)32-35-25-28-43-41(31-35)16-10-22-46(43)54-47-20-8-6-18-44(47)50(45-19-7-9-21-48(45)54)33-36-24-26-38-14-4-5-15-39(38)30-36/h1-31,34H,32-33H2/i1D,2D,3D,4D,5D,6D,7D,8D,9D,10D,12D,13D,14D,15D,16D,18D,19D,20D,21D,22D,24D,25D,26D,27D,28D,29D,30D,31D,34D. The minimum absolute atomic E-state index is 0.00524. The normalized spacial score (nSPS) is 19.2. The third-order valence-corrected chi connectivity index (χ3v) is 9.34. The summed E-state index contributed by atoms with van der Waals surface area (Å²) in [4.78, 5) is 0. The van der Waals surface area contributed by atoms with Crippen LogP contribution in [0, 0.1) is 0 Å². The smallest absolute Gasteiger partial charge is 0.136 e. The van der Waals surface area contributed by atoms with Gasteiger partial charge in [-0.2, -0.15) is 0 Å². The second-order valence-electron chi connectivity index (χ2n) is 12.5. The van der Waals surface area contributed by atoms with Gasteiger partial charge >= 0.3 is 0 Å². The molecule has 11 rings (SSSR count). The fourth-order valence-corrected chi connectivity index (χ4v) is 6.97. The van der Waals surface area contributed by atoms with Crippen LogP contribution >= 0.6 is 0 Å². The number of benzene rings is 10. The molecule has 1 heterocycles. The van der Waals surface area contributed by atoms with Crippen molar-refractivity contribution in [2.45, 2.75) is 12.8 Å². The molecule has 0 aliphatic carbocycles. The monoisotopic (exact) mass is 729 g/mol. The van der Waals surface area contributed by atoms with E-state index in [1.807, 2.05) is 0 Å². The lowest BCUT2D eigenvalue weighted by Crippen LogP contribution is -1.96. The zero-order valence-corrected chi connectivity index (χ0v) is 28.1. The molecule has 0 bridgehead atoms. The minimum atomic E-state index is -0.940. The number of rotatable bonds is 6. The first-order valence-electron chi connectivity index (χ1n) is 31.3. The predicted octanol–water partition coefficient (Wildman–Crippen LogP) is 14.7. The van der Waals surface area contributed by atoms with Crippen LogP contribution in [0.15, 0.2) is 198 Å². The van der Waals surface area contributed by atoms with E-state index >= 15 is 0 Å². The first-order chi connectivity index (χ1) is 39.3. The number of fused-ring (bicyclic) bond motifs is 7. The molecule has 55 heavy (non-hydrogen) atoms. The first kappa shape index (κ1) is 14.0. The van der Waals surface area contributed by atoms with Crippen LogP contribution in [0.25, 0.3) is 87.3 Å². The van der Waals surface area contributed by atoms with Gasteiger partial charge in [-0.15, -0.1) is 0 Å². The lowest BCUT2D eigenvalue weighted by Gasteiger charge is -2.19. The van der Waals surface area contributed by atoms with Crippen molar-refractivity contribution in [1.82, 2.24) is 0 Å². The molecular formula is C54H36O. The second-order valence-corrected chi connectivity index (χ2v) is 12.5. The van der Waals surface area contributed by atoms with Crippen LogP contribution in [0.5, 0.6) is 0 Å². The molecule has 0 radical (unpaired) electrons. The summed E-state index contributed by atoms with van der Waals surface area (Å²) in [6, 6.07) is -18.6. The van der Waals surface area contributed by atoms with E-state index in [0.29, 0.717) is 0 Å². The number of hydrogen-bond acceptors (Lipinski definition) is 1. The highest BCUT2D eigenvalue weighted by Gasteiger charge is 2.18. The molecule has 0 fully saturated rings. The van der Waals surface area contributed by atoms with Crippen LogP contribution in [0.1, 0.15) is 62.0 Å². The summed E-state index contributed by atoms with van der Waals surface area (Å²) in [5.41, 5.74) is -3.59. The Morgan fingerprint density at radius 3 is 1.89 bits per heavy atom. The van der Waals surface area contributed by atoms with E-state index in [1.54, 1.807) is 0 Å². The SMILES string of the molecule is [2H]c1c([2H])c([2H])c(-c2c([2H])c([2H])c3c(oc4cccc(Cc5c([2H])c([2H])c6c(-c7c8c([2H])c([2H])c([2H])c([2H])c8c(Cc8c([2H])c([2H])c9c([2H])c([2H])c([2H])c([2H])c9c8[2H])c8c([2H])c([2H])c([2H])c([2H])c78)c([2H])c([2H])c([2H])c6c5[2H])c43)c2[2H])c([2H])c1[2H]. The fourth-order valence-electron chi connectivity index (χ4n) is 6.97. The zero-order valence-electron chi connectivity index (χ0n) is 57.1. The van der Waals surface area contributed by atoms with Crippen molar-refractivity contribution in [3.63, 3.8) is 0 Å². The van der Waals surface area contributed by atoms with Crippen molar-refractivity contribution < 1.29 is 44.2 Å². The average Bonchev–Trinajstić information content (AvgIpc) is 0.760. The molecule has 1 nitrogen and oxygen atoms in total. The van der Waals surface area contributed by atoms with Crippen molar-refractivity contribution in [1.29, 1.82) is 0 Å². The molecule has 1 heteroatoms. The molecule has 0 unspecified atom stereocenters. The third-order valence-electron chi connectivity index (χ3n) is 9.34. The van der Waals surface area contributed by atoms with E-state index < -0.39 is 265 Å². The largest absolute Gasteiger partial charge is 0.456 e. The van der Waals surface area contributed by atoms with E-state index in [1.165, 1.54) is 18.2 Å². The van der Waals surface area contributed by atoms with E-state index in [0.717, 1.165) is 0 Å². The summed E-state index contributed by atoms with van der Waals surface area (Å²) in [6.45, 7) is 0. The highest BCUT2D eigenvalue weighted by Crippen LogP contribution is 2.43. The Morgan fingerprint density at radius 2 is 1.07 bits per heavy atom. The van der Waals surface area contributed by atoms with E-state index in [2.05, 4.69) is 0 Å². The molecule has 0 aliphatic heterocycles. The Kier molecular flexibility index (Phi) is 3.28. The molecule has 0 N–H and O–H groups in total. The quantitative estimate of drug-likeness (QED) is 0.155. The average molecular weight is 730 g/mol. The molecule has 0 atom stereocenters. The molecule has 258 valence electrons. The second kappa shape index (κ2) is 12.9. The Bertz CT molecular complexity index is 4840. The Hall–Kier alpha value is -6.96. The van der Waals surface area contributed by atoms with E-state index in [4.69, 9.17) is 26.3 Å². The summed E-state index contributed by atoms with van der Waals surface area (Å²) >= 11 is 0. The topological polar surface area (TPSA) is 13.1 Å². The summed E-state index contributed by atoms with van der Waals surface area (Å²) in [5, 5.41) is -4.47. The van der Waals surface area contributed by atoms with E-state index in [-0.39, 0.29) is 33.1 Å². The van der Waals surface area contributed by atoms with Crippen LogP contribution < -0.4 is 0 Å². The molecule has 0 aliphatic rings. The Morgan fingerprint density at radius 1 is 0.418 bits per heavy atom. The lowest BCUT2D eigenvalue weighted by atomic mass is 9.84. The molecular weight excluding hydrogens is 665 g/mol. The highest BCUT2D eigenvalue weighted by atomic mass is 16.3. The van der Waals surface area contributed by atoms with Crippen molar-refractivity contribution in [2.75, 3.05) is 0 Å². The van der Waals surface area contributed by atoms with Gasteiger partial charge in [0.05, 0.1) is 39.8 Å². The molecule has 10 aromatic carbocycles. The molecule has 0 amide bonds. The highest BCUT2D eigenvalue weighted by molar-refractivity contribution is 6.18. The number of hydrogen-bond donors (Lipinski definition) is 0. The molecule has 11 aromatic rings. The van der Waals surface area contributed by atoms with E-state index in [9.17, 15) is 17.8 Å². The van der Waals surface area contributed by atoms with Crippen LogP contribution in [0.4, 0.5) is 0 Å². The minimum Gasteiger partial charge on any atom is -0.456 e. The maximum absolute atomic E-state index is 9.77. The Balaban J connectivity index is 1.23. The summed E-state index contributed by atoms with van der Waals surface area (Å²) in [7, 11) is 0. The maximum Gasteiger partial charge on any atom is 0.136 e. The van der Waals surface area contributed by atoms with Gasteiger partial charge in [0.15, 0.2) is 0 Å². The molecule has 0 spiro atoms. The maximum atomic E-state index is 9.77. The predicted molar refractivity (Wildman–Crippen MR) is 233 cm³/mol.